The smallest absolute Gasteiger partial charge is 0.245 e. The zero-order chi connectivity index (χ0) is 14.6. The largest absolute Gasteiger partial charge is 0.396 e. The lowest BCUT2D eigenvalue weighted by atomic mass is 10.0. The molecule has 1 fully saturated rings. The van der Waals surface area contributed by atoms with Gasteiger partial charge in [-0.2, -0.15) is 4.31 Å². The van der Waals surface area contributed by atoms with E-state index in [9.17, 15) is 8.42 Å². The first-order valence-electron chi connectivity index (χ1n) is 6.79. The van der Waals surface area contributed by atoms with Gasteiger partial charge in [-0.1, -0.05) is 18.6 Å². The molecule has 0 spiro atoms. The Bertz CT molecular complexity index is 546. The SMILES string of the molecule is NNc1ccccc1S(=O)(=O)N1CCCCC1CCO. The van der Waals surface area contributed by atoms with Crippen LogP contribution in [0.1, 0.15) is 25.7 Å². The molecule has 112 valence electrons. The lowest BCUT2D eigenvalue weighted by Crippen LogP contribution is -2.44. The van der Waals surface area contributed by atoms with Gasteiger partial charge in [0, 0.05) is 19.2 Å². The van der Waals surface area contributed by atoms with Gasteiger partial charge in [-0.3, -0.25) is 5.84 Å². The van der Waals surface area contributed by atoms with Crippen molar-refractivity contribution in [1.82, 2.24) is 4.31 Å². The lowest BCUT2D eigenvalue weighted by molar-refractivity contribution is 0.192. The molecule has 1 aromatic rings. The first-order chi connectivity index (χ1) is 9.61. The number of nitrogens with zero attached hydrogens (tertiary/aromatic N) is 1. The Kier molecular flexibility index (Phi) is 4.98. The summed E-state index contributed by atoms with van der Waals surface area (Å²) in [6, 6.07) is 6.46. The molecular weight excluding hydrogens is 278 g/mol. The molecular formula is C13H21N3O3S. The van der Waals surface area contributed by atoms with E-state index in [4.69, 9.17) is 10.9 Å². The van der Waals surface area contributed by atoms with Crippen LogP contribution in [0.5, 0.6) is 0 Å². The van der Waals surface area contributed by atoms with E-state index in [2.05, 4.69) is 5.43 Å². The van der Waals surface area contributed by atoms with Crippen LogP contribution in [0.25, 0.3) is 0 Å². The molecule has 20 heavy (non-hydrogen) atoms. The Morgan fingerprint density at radius 1 is 1.35 bits per heavy atom. The van der Waals surface area contributed by atoms with E-state index in [0.717, 1.165) is 19.3 Å². The molecule has 0 saturated carbocycles. The van der Waals surface area contributed by atoms with Crippen LogP contribution < -0.4 is 11.3 Å². The van der Waals surface area contributed by atoms with Crippen molar-refractivity contribution in [3.05, 3.63) is 24.3 Å². The molecule has 0 aromatic heterocycles. The summed E-state index contributed by atoms with van der Waals surface area (Å²) in [6.45, 7) is 0.485. The van der Waals surface area contributed by atoms with Crippen LogP contribution >= 0.6 is 0 Å². The average molecular weight is 299 g/mol. The van der Waals surface area contributed by atoms with Crippen molar-refractivity contribution in [2.75, 3.05) is 18.6 Å². The second kappa shape index (κ2) is 6.53. The summed E-state index contributed by atoms with van der Waals surface area (Å²) in [6.07, 6.45) is 3.10. The second-order valence-electron chi connectivity index (χ2n) is 4.92. The van der Waals surface area contributed by atoms with Gasteiger partial charge in [-0.15, -0.1) is 0 Å². The van der Waals surface area contributed by atoms with Gasteiger partial charge in [0.25, 0.3) is 0 Å². The molecule has 0 bridgehead atoms. The van der Waals surface area contributed by atoms with Crippen molar-refractivity contribution in [3.63, 3.8) is 0 Å². The van der Waals surface area contributed by atoms with Crippen molar-refractivity contribution < 1.29 is 13.5 Å². The van der Waals surface area contributed by atoms with E-state index in [1.54, 1.807) is 24.3 Å². The number of nitrogen functional groups attached to an aromatic ring is 1. The lowest BCUT2D eigenvalue weighted by Gasteiger charge is -2.34. The minimum absolute atomic E-state index is 0.00648. The summed E-state index contributed by atoms with van der Waals surface area (Å²) in [5, 5.41) is 9.12. The van der Waals surface area contributed by atoms with Crippen molar-refractivity contribution in [2.24, 2.45) is 5.84 Å². The molecule has 4 N–H and O–H groups in total. The van der Waals surface area contributed by atoms with Crippen LogP contribution in [0.15, 0.2) is 29.2 Å². The molecule has 7 heteroatoms. The number of aliphatic hydroxyl groups is 1. The molecule has 1 heterocycles. The molecule has 1 aromatic carbocycles. The predicted molar refractivity (Wildman–Crippen MR) is 77.5 cm³/mol. The van der Waals surface area contributed by atoms with Crippen molar-refractivity contribution in [3.8, 4) is 0 Å². The minimum Gasteiger partial charge on any atom is -0.396 e. The summed E-state index contributed by atoms with van der Waals surface area (Å²) in [7, 11) is -3.60. The Hall–Kier alpha value is -1.15. The Morgan fingerprint density at radius 3 is 2.80 bits per heavy atom. The fourth-order valence-corrected chi connectivity index (χ4v) is 4.55. The van der Waals surface area contributed by atoms with E-state index >= 15 is 0 Å². The van der Waals surface area contributed by atoms with E-state index < -0.39 is 10.0 Å². The third kappa shape index (κ3) is 2.95. The van der Waals surface area contributed by atoms with Crippen LogP contribution in [0, 0.1) is 0 Å². The maximum atomic E-state index is 12.8. The molecule has 2 rings (SSSR count). The number of aliphatic hydroxyl groups excluding tert-OH is 1. The van der Waals surface area contributed by atoms with E-state index in [-0.39, 0.29) is 17.5 Å². The summed E-state index contributed by atoms with van der Waals surface area (Å²) < 4.78 is 27.1. The number of hydrogen-bond acceptors (Lipinski definition) is 5. The summed E-state index contributed by atoms with van der Waals surface area (Å²) in [5.74, 6) is 5.40. The van der Waals surface area contributed by atoms with Gasteiger partial charge >= 0.3 is 0 Å². The molecule has 1 aliphatic rings. The number of sulfonamides is 1. The second-order valence-corrected chi connectivity index (χ2v) is 6.78. The average Bonchev–Trinajstić information content (AvgIpc) is 2.48. The first-order valence-corrected chi connectivity index (χ1v) is 8.23. The molecule has 1 unspecified atom stereocenters. The Balaban J connectivity index is 2.37. The number of anilines is 1. The number of hydrazine groups is 1. The minimum atomic E-state index is -3.60. The van der Waals surface area contributed by atoms with Gasteiger partial charge < -0.3 is 10.5 Å². The maximum Gasteiger partial charge on any atom is 0.245 e. The quantitative estimate of drug-likeness (QED) is 0.554. The first kappa shape index (κ1) is 15.2. The van der Waals surface area contributed by atoms with Crippen molar-refractivity contribution in [1.29, 1.82) is 0 Å². The van der Waals surface area contributed by atoms with Gasteiger partial charge in [-0.05, 0) is 31.4 Å². The molecule has 1 atom stereocenters. The van der Waals surface area contributed by atoms with E-state index in [0.29, 0.717) is 18.7 Å². The van der Waals surface area contributed by atoms with Gasteiger partial charge in [0.05, 0.1) is 5.69 Å². The highest BCUT2D eigenvalue weighted by atomic mass is 32.2. The zero-order valence-electron chi connectivity index (χ0n) is 11.3. The highest BCUT2D eigenvalue weighted by Crippen LogP contribution is 2.30. The topological polar surface area (TPSA) is 95.7 Å². The third-order valence-electron chi connectivity index (χ3n) is 3.66. The van der Waals surface area contributed by atoms with Crippen molar-refractivity contribution >= 4 is 15.7 Å². The normalized spacial score (nSPS) is 20.8. The third-order valence-corrected chi connectivity index (χ3v) is 5.67. The molecule has 0 aliphatic carbocycles. The number of hydrogen-bond donors (Lipinski definition) is 3. The fourth-order valence-electron chi connectivity index (χ4n) is 2.67. The summed E-state index contributed by atoms with van der Waals surface area (Å²) >= 11 is 0. The van der Waals surface area contributed by atoms with E-state index in [1.807, 2.05) is 0 Å². The zero-order valence-corrected chi connectivity index (χ0v) is 12.1. The predicted octanol–water partition coefficient (Wildman–Crippen LogP) is 0.898. The maximum absolute atomic E-state index is 12.8. The number of benzene rings is 1. The number of rotatable bonds is 5. The summed E-state index contributed by atoms with van der Waals surface area (Å²) in [4.78, 5) is 0.187. The standard InChI is InChI=1S/C13H21N3O3S/c14-15-12-6-1-2-7-13(12)20(18,19)16-9-4-3-5-11(16)8-10-17/h1-2,6-7,11,15,17H,3-5,8-10,14H2. The van der Waals surface area contributed by atoms with Crippen LogP contribution in [0.4, 0.5) is 5.69 Å². The fraction of sp³-hybridized carbons (Fsp3) is 0.538. The Morgan fingerprint density at radius 2 is 2.10 bits per heavy atom. The number of nitrogens with two attached hydrogens (primary N) is 1. The van der Waals surface area contributed by atoms with Gasteiger partial charge in [0.2, 0.25) is 10.0 Å². The highest BCUT2D eigenvalue weighted by molar-refractivity contribution is 7.89. The molecule has 1 saturated heterocycles. The molecule has 1 aliphatic heterocycles. The molecule has 6 nitrogen and oxygen atoms in total. The number of nitrogens with one attached hydrogen (secondary N) is 1. The Labute approximate surface area is 119 Å². The van der Waals surface area contributed by atoms with Crippen LogP contribution in [0.2, 0.25) is 0 Å². The molecule has 0 radical (unpaired) electrons. The summed E-state index contributed by atoms with van der Waals surface area (Å²) in [5.41, 5.74) is 2.82. The monoisotopic (exact) mass is 299 g/mol. The van der Waals surface area contributed by atoms with Crippen LogP contribution in [-0.2, 0) is 10.0 Å². The van der Waals surface area contributed by atoms with Gasteiger partial charge in [-0.25, -0.2) is 8.42 Å². The van der Waals surface area contributed by atoms with Crippen LogP contribution in [-0.4, -0.2) is 37.0 Å². The molecule has 0 amide bonds. The highest BCUT2D eigenvalue weighted by Gasteiger charge is 2.34. The van der Waals surface area contributed by atoms with Crippen molar-refractivity contribution in [2.45, 2.75) is 36.6 Å². The number of para-hydroxylation sites is 1. The van der Waals surface area contributed by atoms with Gasteiger partial charge in [0.15, 0.2) is 0 Å². The van der Waals surface area contributed by atoms with Gasteiger partial charge in [0.1, 0.15) is 4.90 Å². The number of piperidine rings is 1. The van der Waals surface area contributed by atoms with Crippen LogP contribution in [0.3, 0.4) is 0 Å². The van der Waals surface area contributed by atoms with E-state index in [1.165, 1.54) is 4.31 Å².